The summed E-state index contributed by atoms with van der Waals surface area (Å²) in [6, 6.07) is 0. The first-order valence-electron chi connectivity index (χ1n) is 5.96. The smallest absolute Gasteiger partial charge is 0.317 e. The van der Waals surface area contributed by atoms with Gasteiger partial charge in [0.25, 0.3) is 0 Å². The van der Waals surface area contributed by atoms with Crippen LogP contribution in [0.15, 0.2) is 0 Å². The minimum atomic E-state index is -4.15. The average molecular weight is 326 g/mol. The van der Waals surface area contributed by atoms with Gasteiger partial charge in [-0.25, -0.2) is 0 Å². The van der Waals surface area contributed by atoms with Crippen molar-refractivity contribution in [2.24, 2.45) is 13.0 Å². The molecule has 0 amide bonds. The molecule has 1 aliphatic rings. The van der Waals surface area contributed by atoms with Crippen molar-refractivity contribution in [1.82, 2.24) is 14.8 Å². The van der Waals surface area contributed by atoms with Gasteiger partial charge < -0.3 is 4.57 Å². The lowest BCUT2D eigenvalue weighted by Crippen LogP contribution is -2.33. The Morgan fingerprint density at radius 3 is 2.50 bits per heavy atom. The van der Waals surface area contributed by atoms with Crippen LogP contribution in [0.4, 0.5) is 13.2 Å². The monoisotopic (exact) mass is 325 g/mol. The van der Waals surface area contributed by atoms with E-state index in [4.69, 9.17) is 0 Å². The summed E-state index contributed by atoms with van der Waals surface area (Å²) < 4.78 is 40.8. The molecule has 1 heterocycles. The summed E-state index contributed by atoms with van der Waals surface area (Å²) in [5.74, 6) is -0.704. The molecule has 1 saturated carbocycles. The van der Waals surface area contributed by atoms with Crippen molar-refractivity contribution in [2.45, 2.75) is 43.1 Å². The molecule has 1 aliphatic carbocycles. The number of rotatable bonds is 2. The topological polar surface area (TPSA) is 30.7 Å². The summed E-state index contributed by atoms with van der Waals surface area (Å²) >= 11 is 3.25. The summed E-state index contributed by atoms with van der Waals surface area (Å²) in [5, 5.41) is 8.38. The van der Waals surface area contributed by atoms with E-state index in [1.165, 1.54) is 0 Å². The van der Waals surface area contributed by atoms with E-state index < -0.39 is 18.0 Å². The maximum atomic E-state index is 13.0. The first-order valence-corrected chi connectivity index (χ1v) is 7.08. The summed E-state index contributed by atoms with van der Waals surface area (Å²) in [6.45, 7) is 0. The summed E-state index contributed by atoms with van der Waals surface area (Å²) in [4.78, 5) is 0. The lowest BCUT2D eigenvalue weighted by Gasteiger charge is -2.32. The zero-order chi connectivity index (χ0) is 13.3. The third-order valence-corrected chi connectivity index (χ3v) is 4.14. The van der Waals surface area contributed by atoms with Gasteiger partial charge in [0, 0.05) is 13.0 Å². The van der Waals surface area contributed by atoms with Gasteiger partial charge in [-0.2, -0.15) is 13.2 Å². The normalized spacial score (nSPS) is 25.4. The number of alkyl halides is 4. The van der Waals surface area contributed by atoms with Gasteiger partial charge in [-0.1, -0.05) is 28.8 Å². The molecule has 0 N–H and O–H groups in total. The van der Waals surface area contributed by atoms with Crippen molar-refractivity contribution in [3.8, 4) is 0 Å². The third kappa shape index (κ3) is 2.55. The predicted molar refractivity (Wildman–Crippen MR) is 64.4 cm³/mol. The largest absolute Gasteiger partial charge is 0.392 e. The van der Waals surface area contributed by atoms with E-state index in [-0.39, 0.29) is 6.42 Å². The fraction of sp³-hybridized carbons (Fsp3) is 0.818. The molecule has 2 rings (SSSR count). The van der Waals surface area contributed by atoms with Gasteiger partial charge in [0.15, 0.2) is 0 Å². The highest BCUT2D eigenvalue weighted by Gasteiger charge is 2.47. The van der Waals surface area contributed by atoms with E-state index in [1.54, 1.807) is 11.6 Å². The molecule has 0 radical (unpaired) electrons. The molecular formula is C11H15BrF3N3. The Morgan fingerprint density at radius 2 is 1.94 bits per heavy atom. The molecule has 0 aromatic carbocycles. The van der Waals surface area contributed by atoms with E-state index in [0.717, 1.165) is 6.42 Å². The van der Waals surface area contributed by atoms with Crippen molar-refractivity contribution in [2.75, 3.05) is 0 Å². The molecule has 2 unspecified atom stereocenters. The zero-order valence-electron chi connectivity index (χ0n) is 10.0. The van der Waals surface area contributed by atoms with Crippen LogP contribution >= 0.6 is 15.9 Å². The molecular weight excluding hydrogens is 311 g/mol. The second kappa shape index (κ2) is 5.19. The SMILES string of the molecule is Cn1c(CBr)nnc1C1CCCCC1C(F)(F)F. The summed E-state index contributed by atoms with van der Waals surface area (Å²) in [7, 11) is 1.73. The van der Waals surface area contributed by atoms with Crippen LogP contribution in [0, 0.1) is 5.92 Å². The molecule has 0 bridgehead atoms. The number of nitrogens with zero attached hydrogens (tertiary/aromatic N) is 3. The lowest BCUT2D eigenvalue weighted by molar-refractivity contribution is -0.188. The number of halogens is 4. The van der Waals surface area contributed by atoms with Crippen LogP contribution in [0.3, 0.4) is 0 Å². The van der Waals surface area contributed by atoms with Crippen LogP contribution in [0.5, 0.6) is 0 Å². The van der Waals surface area contributed by atoms with Gasteiger partial charge >= 0.3 is 6.18 Å². The van der Waals surface area contributed by atoms with E-state index in [0.29, 0.717) is 29.8 Å². The van der Waals surface area contributed by atoms with Crippen molar-refractivity contribution >= 4 is 15.9 Å². The molecule has 18 heavy (non-hydrogen) atoms. The van der Waals surface area contributed by atoms with Gasteiger partial charge in [-0.15, -0.1) is 10.2 Å². The highest BCUT2D eigenvalue weighted by atomic mass is 79.9. The quantitative estimate of drug-likeness (QED) is 0.778. The Morgan fingerprint density at radius 1 is 1.28 bits per heavy atom. The third-order valence-electron chi connectivity index (χ3n) is 3.64. The van der Waals surface area contributed by atoms with E-state index in [9.17, 15) is 13.2 Å². The maximum absolute atomic E-state index is 13.0. The Bertz CT molecular complexity index is 416. The molecule has 2 atom stereocenters. The van der Waals surface area contributed by atoms with Crippen LogP contribution in [-0.2, 0) is 12.4 Å². The lowest BCUT2D eigenvalue weighted by atomic mass is 9.78. The first-order chi connectivity index (χ1) is 8.45. The van der Waals surface area contributed by atoms with Crippen LogP contribution in [0.25, 0.3) is 0 Å². The van der Waals surface area contributed by atoms with Crippen LogP contribution in [0.1, 0.15) is 43.3 Å². The number of aromatic nitrogens is 3. The fourth-order valence-corrected chi connectivity index (χ4v) is 3.13. The Labute approximate surface area is 112 Å². The molecule has 1 aromatic rings. The molecule has 0 aliphatic heterocycles. The number of hydrogen-bond donors (Lipinski definition) is 0. The van der Waals surface area contributed by atoms with Crippen LogP contribution in [-0.4, -0.2) is 20.9 Å². The van der Waals surface area contributed by atoms with E-state index in [1.807, 2.05) is 0 Å². The van der Waals surface area contributed by atoms with Gasteiger partial charge in [0.05, 0.1) is 11.2 Å². The maximum Gasteiger partial charge on any atom is 0.392 e. The average Bonchev–Trinajstić information content (AvgIpc) is 2.69. The first kappa shape index (κ1) is 13.8. The predicted octanol–water partition coefficient (Wildman–Crippen LogP) is 3.55. The van der Waals surface area contributed by atoms with E-state index >= 15 is 0 Å². The van der Waals surface area contributed by atoms with Gasteiger partial charge in [-0.05, 0) is 12.8 Å². The van der Waals surface area contributed by atoms with Gasteiger partial charge in [-0.3, -0.25) is 0 Å². The Balaban J connectivity index is 2.31. The van der Waals surface area contributed by atoms with Gasteiger partial charge in [0.1, 0.15) is 11.6 Å². The Kier molecular flexibility index (Phi) is 3.99. The zero-order valence-corrected chi connectivity index (χ0v) is 11.6. The molecule has 0 spiro atoms. The standard InChI is InChI=1S/C11H15BrF3N3/c1-18-9(6-12)16-17-10(18)7-4-2-3-5-8(7)11(13,14)15/h7-8H,2-6H2,1H3. The summed E-state index contributed by atoms with van der Waals surface area (Å²) in [6.07, 6.45) is -1.94. The van der Waals surface area contributed by atoms with Gasteiger partial charge in [0.2, 0.25) is 0 Å². The van der Waals surface area contributed by atoms with Crippen LogP contribution in [0.2, 0.25) is 0 Å². The number of hydrogen-bond acceptors (Lipinski definition) is 2. The second-order valence-corrected chi connectivity index (χ2v) is 5.27. The minimum absolute atomic E-state index is 0.199. The highest BCUT2D eigenvalue weighted by molar-refractivity contribution is 9.08. The van der Waals surface area contributed by atoms with Crippen molar-refractivity contribution in [1.29, 1.82) is 0 Å². The molecule has 3 nitrogen and oxygen atoms in total. The highest BCUT2D eigenvalue weighted by Crippen LogP contribution is 2.45. The molecule has 102 valence electrons. The van der Waals surface area contributed by atoms with Crippen molar-refractivity contribution in [3.05, 3.63) is 11.6 Å². The molecule has 1 aromatic heterocycles. The van der Waals surface area contributed by atoms with Crippen molar-refractivity contribution < 1.29 is 13.2 Å². The fourth-order valence-electron chi connectivity index (χ4n) is 2.65. The molecule has 0 saturated heterocycles. The second-order valence-electron chi connectivity index (χ2n) is 4.71. The summed E-state index contributed by atoms with van der Waals surface area (Å²) in [5.41, 5.74) is 0. The minimum Gasteiger partial charge on any atom is -0.317 e. The molecule has 7 heteroatoms. The van der Waals surface area contributed by atoms with E-state index in [2.05, 4.69) is 26.1 Å². The molecule has 1 fully saturated rings. The van der Waals surface area contributed by atoms with Crippen LogP contribution < -0.4 is 0 Å². The van der Waals surface area contributed by atoms with Crippen molar-refractivity contribution in [3.63, 3.8) is 0 Å². The Hall–Kier alpha value is -0.590.